The lowest BCUT2D eigenvalue weighted by molar-refractivity contribution is 0.528. The second-order valence-corrected chi connectivity index (χ2v) is 4.53. The van der Waals surface area contributed by atoms with Crippen LogP contribution in [0.25, 0.3) is 11.3 Å². The molecule has 0 aliphatic carbocycles. The van der Waals surface area contributed by atoms with Crippen LogP contribution in [0.2, 0.25) is 0 Å². The lowest BCUT2D eigenvalue weighted by Gasteiger charge is -2.02. The summed E-state index contributed by atoms with van der Waals surface area (Å²) in [5.74, 6) is 1.64. The molecule has 15 heavy (non-hydrogen) atoms. The molecule has 0 N–H and O–H groups in total. The molecule has 0 saturated carbocycles. The Kier molecular flexibility index (Phi) is 3.31. The number of aryl methyl sites for hydroxylation is 1. The van der Waals surface area contributed by atoms with E-state index in [4.69, 9.17) is 16.0 Å². The van der Waals surface area contributed by atoms with E-state index < -0.39 is 0 Å². The Morgan fingerprint density at radius 3 is 2.93 bits per heavy atom. The largest absolute Gasteiger partial charge is 0.439 e. The third kappa shape index (κ3) is 2.18. The van der Waals surface area contributed by atoms with Gasteiger partial charge in [-0.3, -0.25) is 0 Å². The summed E-state index contributed by atoms with van der Waals surface area (Å²) in [5, 5.41) is 0. The molecular formula is C11H9ClINO. The third-order valence-electron chi connectivity index (χ3n) is 2.13. The minimum Gasteiger partial charge on any atom is -0.439 e. The zero-order chi connectivity index (χ0) is 10.8. The quantitative estimate of drug-likeness (QED) is 0.613. The van der Waals surface area contributed by atoms with Gasteiger partial charge in [-0.15, -0.1) is 11.6 Å². The number of hydrogen-bond donors (Lipinski definition) is 0. The summed E-state index contributed by atoms with van der Waals surface area (Å²) in [7, 11) is 0. The van der Waals surface area contributed by atoms with Crippen molar-refractivity contribution < 1.29 is 4.42 Å². The van der Waals surface area contributed by atoms with E-state index >= 15 is 0 Å². The van der Waals surface area contributed by atoms with Gasteiger partial charge in [0.25, 0.3) is 0 Å². The maximum Gasteiger partial charge on any atom is 0.209 e. The van der Waals surface area contributed by atoms with Crippen LogP contribution in [-0.2, 0) is 5.88 Å². The molecule has 0 amide bonds. The maximum absolute atomic E-state index is 5.64. The maximum atomic E-state index is 5.64. The molecule has 0 spiro atoms. The number of hydrogen-bond acceptors (Lipinski definition) is 2. The Labute approximate surface area is 107 Å². The van der Waals surface area contributed by atoms with Gasteiger partial charge in [-0.05, 0) is 35.1 Å². The van der Waals surface area contributed by atoms with Gasteiger partial charge in [-0.25, -0.2) is 4.98 Å². The standard InChI is InChI=1S/C11H9ClINO/c1-7-3-2-4-8(11(7)13)9-6-14-10(5-12)15-9/h2-4,6H,5H2,1H3. The van der Waals surface area contributed by atoms with Crippen molar-refractivity contribution in [2.45, 2.75) is 12.8 Å². The predicted octanol–water partition coefficient (Wildman–Crippen LogP) is 3.99. The number of benzene rings is 1. The Balaban J connectivity index is 2.49. The van der Waals surface area contributed by atoms with Crippen molar-refractivity contribution >= 4 is 34.2 Å². The minimum absolute atomic E-state index is 0.308. The molecule has 78 valence electrons. The third-order valence-corrected chi connectivity index (χ3v) is 3.79. The van der Waals surface area contributed by atoms with Crippen LogP contribution in [0.5, 0.6) is 0 Å². The van der Waals surface area contributed by atoms with E-state index in [1.54, 1.807) is 6.20 Å². The highest BCUT2D eigenvalue weighted by atomic mass is 127. The first-order valence-corrected chi connectivity index (χ1v) is 6.10. The molecule has 0 fully saturated rings. The number of nitrogens with zero attached hydrogens (tertiary/aromatic N) is 1. The smallest absolute Gasteiger partial charge is 0.209 e. The molecule has 1 aromatic heterocycles. The molecular weight excluding hydrogens is 324 g/mol. The van der Waals surface area contributed by atoms with Crippen LogP contribution >= 0.6 is 34.2 Å². The average Bonchev–Trinajstić information content (AvgIpc) is 2.70. The highest BCUT2D eigenvalue weighted by molar-refractivity contribution is 14.1. The summed E-state index contributed by atoms with van der Waals surface area (Å²) in [5.41, 5.74) is 2.30. The highest BCUT2D eigenvalue weighted by Gasteiger charge is 2.09. The number of alkyl halides is 1. The van der Waals surface area contributed by atoms with Crippen molar-refractivity contribution in [2.75, 3.05) is 0 Å². The van der Waals surface area contributed by atoms with E-state index in [2.05, 4.69) is 40.6 Å². The first-order valence-electron chi connectivity index (χ1n) is 4.48. The van der Waals surface area contributed by atoms with E-state index in [1.165, 1.54) is 9.13 Å². The van der Waals surface area contributed by atoms with Gasteiger partial charge in [0.15, 0.2) is 5.76 Å². The van der Waals surface area contributed by atoms with Crippen LogP contribution in [0.1, 0.15) is 11.5 Å². The van der Waals surface area contributed by atoms with Crippen LogP contribution < -0.4 is 0 Å². The average molecular weight is 334 g/mol. The molecule has 0 radical (unpaired) electrons. The lowest BCUT2D eigenvalue weighted by Crippen LogP contribution is -1.84. The van der Waals surface area contributed by atoms with Crippen molar-refractivity contribution in [1.29, 1.82) is 0 Å². The molecule has 0 aliphatic rings. The van der Waals surface area contributed by atoms with Crippen molar-refractivity contribution in [1.82, 2.24) is 4.98 Å². The van der Waals surface area contributed by atoms with Gasteiger partial charge in [-0.1, -0.05) is 18.2 Å². The van der Waals surface area contributed by atoms with Crippen LogP contribution in [0.3, 0.4) is 0 Å². The fraction of sp³-hybridized carbons (Fsp3) is 0.182. The zero-order valence-corrected chi connectivity index (χ0v) is 11.0. The fourth-order valence-electron chi connectivity index (χ4n) is 1.33. The van der Waals surface area contributed by atoms with E-state index in [1.807, 2.05) is 12.1 Å². The van der Waals surface area contributed by atoms with Gasteiger partial charge in [0.1, 0.15) is 0 Å². The van der Waals surface area contributed by atoms with Crippen LogP contribution in [0, 0.1) is 10.5 Å². The number of halogens is 2. The van der Waals surface area contributed by atoms with E-state index in [-0.39, 0.29) is 0 Å². The Hall–Kier alpha value is -0.550. The van der Waals surface area contributed by atoms with Gasteiger partial charge in [0.05, 0.1) is 12.1 Å². The SMILES string of the molecule is Cc1cccc(-c2cnc(CCl)o2)c1I. The first-order chi connectivity index (χ1) is 7.22. The van der Waals surface area contributed by atoms with Crippen molar-refractivity contribution in [3.05, 3.63) is 39.4 Å². The first kappa shape index (κ1) is 11.0. The topological polar surface area (TPSA) is 26.0 Å². The zero-order valence-electron chi connectivity index (χ0n) is 8.13. The summed E-state index contributed by atoms with van der Waals surface area (Å²) in [4.78, 5) is 4.08. The summed E-state index contributed by atoms with van der Waals surface area (Å²) >= 11 is 7.95. The molecule has 4 heteroatoms. The summed E-state index contributed by atoms with van der Waals surface area (Å²) in [6.07, 6.45) is 1.72. The van der Waals surface area contributed by atoms with E-state index in [0.717, 1.165) is 11.3 Å². The molecule has 0 aliphatic heterocycles. The van der Waals surface area contributed by atoms with Gasteiger partial charge >= 0.3 is 0 Å². The molecule has 2 nitrogen and oxygen atoms in total. The summed E-state index contributed by atoms with van der Waals surface area (Å²) in [6, 6.07) is 6.10. The number of aromatic nitrogens is 1. The summed E-state index contributed by atoms with van der Waals surface area (Å²) < 4.78 is 6.69. The Morgan fingerprint density at radius 1 is 1.47 bits per heavy atom. The molecule has 0 saturated heterocycles. The molecule has 0 unspecified atom stereocenters. The minimum atomic E-state index is 0.308. The predicted molar refractivity (Wildman–Crippen MR) is 69.0 cm³/mol. The molecule has 0 atom stereocenters. The van der Waals surface area contributed by atoms with Gasteiger partial charge < -0.3 is 4.42 Å². The second kappa shape index (κ2) is 4.53. The molecule has 2 aromatic rings. The normalized spacial score (nSPS) is 10.6. The van der Waals surface area contributed by atoms with Gasteiger partial charge in [0, 0.05) is 9.13 Å². The Bertz CT molecular complexity index is 481. The molecule has 1 aromatic carbocycles. The lowest BCUT2D eigenvalue weighted by atomic mass is 10.1. The fourth-order valence-corrected chi connectivity index (χ4v) is 2.08. The number of oxazole rings is 1. The van der Waals surface area contributed by atoms with E-state index in [9.17, 15) is 0 Å². The molecule has 2 rings (SSSR count). The summed E-state index contributed by atoms with van der Waals surface area (Å²) in [6.45, 7) is 2.07. The van der Waals surface area contributed by atoms with Gasteiger partial charge in [-0.2, -0.15) is 0 Å². The van der Waals surface area contributed by atoms with Crippen LogP contribution in [-0.4, -0.2) is 4.98 Å². The van der Waals surface area contributed by atoms with Gasteiger partial charge in [0.2, 0.25) is 5.89 Å². The monoisotopic (exact) mass is 333 g/mol. The van der Waals surface area contributed by atoms with Crippen LogP contribution in [0.4, 0.5) is 0 Å². The van der Waals surface area contributed by atoms with Crippen molar-refractivity contribution in [3.8, 4) is 11.3 Å². The van der Waals surface area contributed by atoms with Crippen molar-refractivity contribution in [2.24, 2.45) is 0 Å². The van der Waals surface area contributed by atoms with E-state index in [0.29, 0.717) is 11.8 Å². The van der Waals surface area contributed by atoms with Crippen molar-refractivity contribution in [3.63, 3.8) is 0 Å². The molecule has 1 heterocycles. The molecule has 0 bridgehead atoms. The Morgan fingerprint density at radius 2 is 2.27 bits per heavy atom. The number of rotatable bonds is 2. The highest BCUT2D eigenvalue weighted by Crippen LogP contribution is 2.28. The second-order valence-electron chi connectivity index (χ2n) is 3.19. The van der Waals surface area contributed by atoms with Crippen LogP contribution in [0.15, 0.2) is 28.8 Å².